The van der Waals surface area contributed by atoms with Crippen LogP contribution in [0.1, 0.15) is 13.3 Å². The summed E-state index contributed by atoms with van der Waals surface area (Å²) in [4.78, 5) is 38.0. The van der Waals surface area contributed by atoms with Crippen molar-refractivity contribution in [2.75, 3.05) is 39.3 Å². The molecule has 8 nitrogen and oxygen atoms in total. The van der Waals surface area contributed by atoms with Crippen molar-refractivity contribution in [2.24, 2.45) is 5.92 Å². The number of likely N-dealkylation sites (tertiary alicyclic amines) is 1. The molecule has 118 valence electrons. The summed E-state index contributed by atoms with van der Waals surface area (Å²) in [7, 11) is 0. The van der Waals surface area contributed by atoms with E-state index in [0.717, 1.165) is 31.0 Å². The van der Waals surface area contributed by atoms with Crippen molar-refractivity contribution >= 4 is 17.9 Å². The molecule has 0 aromatic heterocycles. The van der Waals surface area contributed by atoms with Gasteiger partial charge in [-0.15, -0.1) is 0 Å². The van der Waals surface area contributed by atoms with E-state index in [1.807, 2.05) is 0 Å². The summed E-state index contributed by atoms with van der Waals surface area (Å²) in [5, 5.41) is 14.3. The molecular weight excluding hydrogens is 276 g/mol. The number of carboxylic acids is 1. The van der Waals surface area contributed by atoms with Gasteiger partial charge in [-0.1, -0.05) is 6.92 Å². The van der Waals surface area contributed by atoms with Crippen LogP contribution in [0.2, 0.25) is 0 Å². The lowest BCUT2D eigenvalue weighted by Crippen LogP contribution is -2.61. The molecule has 0 radical (unpaired) electrons. The second kappa shape index (κ2) is 6.75. The van der Waals surface area contributed by atoms with Crippen LogP contribution in [-0.2, 0) is 9.59 Å². The van der Waals surface area contributed by atoms with Crippen LogP contribution < -0.4 is 10.6 Å². The van der Waals surface area contributed by atoms with E-state index in [1.54, 1.807) is 0 Å². The normalized spacial score (nSPS) is 26.5. The Labute approximate surface area is 123 Å². The van der Waals surface area contributed by atoms with E-state index in [-0.39, 0.29) is 19.0 Å². The highest BCUT2D eigenvalue weighted by molar-refractivity contribution is 5.90. The fourth-order valence-corrected chi connectivity index (χ4v) is 2.78. The smallest absolute Gasteiger partial charge is 0.328 e. The van der Waals surface area contributed by atoms with Gasteiger partial charge >= 0.3 is 12.0 Å². The zero-order chi connectivity index (χ0) is 15.4. The summed E-state index contributed by atoms with van der Waals surface area (Å²) >= 11 is 0. The first-order chi connectivity index (χ1) is 10.0. The highest BCUT2D eigenvalue weighted by Crippen LogP contribution is 2.15. The Morgan fingerprint density at radius 3 is 2.86 bits per heavy atom. The lowest BCUT2D eigenvalue weighted by atomic mass is 10.1. The molecule has 2 saturated heterocycles. The highest BCUT2D eigenvalue weighted by Gasteiger charge is 2.35. The standard InChI is InChI=1S/C13H22N4O4/c1-2-16-4-3-9(7-16)5-15-13(21)17-8-11(18)14-6-10(17)12(19)20/h9-10H,2-8H2,1H3,(H,14,18)(H,15,21)(H,19,20). The molecule has 0 saturated carbocycles. The predicted octanol–water partition coefficient (Wildman–Crippen LogP) is -1.08. The molecule has 2 heterocycles. The summed E-state index contributed by atoms with van der Waals surface area (Å²) in [6.07, 6.45) is 1.02. The maximum atomic E-state index is 12.1. The van der Waals surface area contributed by atoms with Crippen LogP contribution in [0.25, 0.3) is 0 Å². The van der Waals surface area contributed by atoms with Crippen molar-refractivity contribution in [1.29, 1.82) is 0 Å². The molecule has 0 aliphatic carbocycles. The fraction of sp³-hybridized carbons (Fsp3) is 0.769. The van der Waals surface area contributed by atoms with Gasteiger partial charge < -0.3 is 20.6 Å². The molecule has 2 unspecified atom stereocenters. The molecule has 2 atom stereocenters. The van der Waals surface area contributed by atoms with Crippen molar-refractivity contribution in [2.45, 2.75) is 19.4 Å². The predicted molar refractivity (Wildman–Crippen MR) is 74.8 cm³/mol. The Hall–Kier alpha value is -1.83. The van der Waals surface area contributed by atoms with Gasteiger partial charge in [-0.25, -0.2) is 9.59 Å². The fourth-order valence-electron chi connectivity index (χ4n) is 2.78. The first-order valence-corrected chi connectivity index (χ1v) is 7.27. The molecule has 2 fully saturated rings. The van der Waals surface area contributed by atoms with E-state index in [0.29, 0.717) is 12.5 Å². The largest absolute Gasteiger partial charge is 0.480 e. The zero-order valence-corrected chi connectivity index (χ0v) is 12.2. The highest BCUT2D eigenvalue weighted by atomic mass is 16.4. The molecule has 0 aromatic rings. The minimum atomic E-state index is -1.11. The molecule has 2 aliphatic heterocycles. The van der Waals surface area contributed by atoms with Crippen LogP contribution in [0.4, 0.5) is 4.79 Å². The summed E-state index contributed by atoms with van der Waals surface area (Å²) in [5.74, 6) is -1.06. The third-order valence-corrected chi connectivity index (χ3v) is 4.09. The van der Waals surface area contributed by atoms with Gasteiger partial charge in [0, 0.05) is 19.6 Å². The summed E-state index contributed by atoms with van der Waals surface area (Å²) < 4.78 is 0. The molecule has 0 aromatic carbocycles. The van der Waals surface area contributed by atoms with Crippen molar-refractivity contribution in [3.8, 4) is 0 Å². The molecule has 0 spiro atoms. The van der Waals surface area contributed by atoms with Crippen LogP contribution in [0, 0.1) is 5.92 Å². The lowest BCUT2D eigenvalue weighted by molar-refractivity contribution is -0.144. The van der Waals surface area contributed by atoms with Crippen LogP contribution in [-0.4, -0.2) is 78.1 Å². The maximum Gasteiger partial charge on any atom is 0.328 e. The number of nitrogens with zero attached hydrogens (tertiary/aromatic N) is 2. The number of rotatable bonds is 4. The molecule has 0 bridgehead atoms. The summed E-state index contributed by atoms with van der Waals surface area (Å²) in [6.45, 7) is 5.33. The van der Waals surface area contributed by atoms with E-state index in [2.05, 4.69) is 22.5 Å². The Morgan fingerprint density at radius 1 is 1.48 bits per heavy atom. The molecule has 21 heavy (non-hydrogen) atoms. The van der Waals surface area contributed by atoms with Gasteiger partial charge in [0.1, 0.15) is 12.6 Å². The Morgan fingerprint density at radius 2 is 2.24 bits per heavy atom. The van der Waals surface area contributed by atoms with E-state index < -0.39 is 18.0 Å². The number of piperazine rings is 1. The number of carboxylic acid groups (broad SMARTS) is 1. The number of carbonyl (C=O) groups excluding carboxylic acids is 2. The Bertz CT molecular complexity index is 428. The first-order valence-electron chi connectivity index (χ1n) is 7.27. The molecule has 3 N–H and O–H groups in total. The Kier molecular flexibility index (Phi) is 5.00. The van der Waals surface area contributed by atoms with Gasteiger partial charge in [-0.05, 0) is 25.4 Å². The van der Waals surface area contributed by atoms with Crippen molar-refractivity contribution in [3.05, 3.63) is 0 Å². The number of amides is 3. The molecule has 3 amide bonds. The van der Waals surface area contributed by atoms with Gasteiger partial charge in [0.15, 0.2) is 0 Å². The average molecular weight is 298 g/mol. The number of carbonyl (C=O) groups is 3. The molecule has 2 rings (SSSR count). The van der Waals surface area contributed by atoms with Crippen LogP contribution in [0.3, 0.4) is 0 Å². The SMILES string of the molecule is CCN1CCC(CNC(=O)N2CC(=O)NCC2C(=O)O)C1. The monoisotopic (exact) mass is 298 g/mol. The van der Waals surface area contributed by atoms with E-state index in [9.17, 15) is 14.4 Å². The second-order valence-electron chi connectivity index (χ2n) is 5.52. The topological polar surface area (TPSA) is 102 Å². The minimum absolute atomic E-state index is 0.0470. The molecule has 2 aliphatic rings. The van der Waals surface area contributed by atoms with E-state index in [4.69, 9.17) is 5.11 Å². The van der Waals surface area contributed by atoms with Crippen LogP contribution in [0.15, 0.2) is 0 Å². The number of hydrogen-bond donors (Lipinski definition) is 3. The third kappa shape index (κ3) is 3.84. The Balaban J connectivity index is 1.86. The van der Waals surface area contributed by atoms with Crippen molar-refractivity contribution in [1.82, 2.24) is 20.4 Å². The molecule has 8 heteroatoms. The van der Waals surface area contributed by atoms with Gasteiger partial charge in [-0.2, -0.15) is 0 Å². The average Bonchev–Trinajstić information content (AvgIpc) is 2.92. The van der Waals surface area contributed by atoms with E-state index >= 15 is 0 Å². The van der Waals surface area contributed by atoms with Crippen LogP contribution >= 0.6 is 0 Å². The number of hydrogen-bond acceptors (Lipinski definition) is 4. The number of aliphatic carboxylic acids is 1. The van der Waals surface area contributed by atoms with E-state index in [1.165, 1.54) is 0 Å². The lowest BCUT2D eigenvalue weighted by Gasteiger charge is -2.32. The third-order valence-electron chi connectivity index (χ3n) is 4.09. The minimum Gasteiger partial charge on any atom is -0.480 e. The van der Waals surface area contributed by atoms with Crippen molar-refractivity contribution < 1.29 is 19.5 Å². The summed E-state index contributed by atoms with van der Waals surface area (Å²) in [5.41, 5.74) is 0. The molecular formula is C13H22N4O4. The quantitative estimate of drug-likeness (QED) is 0.613. The second-order valence-corrected chi connectivity index (χ2v) is 5.52. The summed E-state index contributed by atoms with van der Waals surface area (Å²) in [6, 6.07) is -1.48. The van der Waals surface area contributed by atoms with Crippen LogP contribution in [0.5, 0.6) is 0 Å². The number of nitrogens with one attached hydrogen (secondary N) is 2. The van der Waals surface area contributed by atoms with Gasteiger partial charge in [-0.3, -0.25) is 9.69 Å². The first kappa shape index (κ1) is 15.6. The van der Waals surface area contributed by atoms with Gasteiger partial charge in [0.2, 0.25) is 5.91 Å². The zero-order valence-electron chi connectivity index (χ0n) is 12.2. The van der Waals surface area contributed by atoms with Gasteiger partial charge in [0.05, 0.1) is 0 Å². The van der Waals surface area contributed by atoms with Gasteiger partial charge in [0.25, 0.3) is 0 Å². The maximum absolute atomic E-state index is 12.1. The van der Waals surface area contributed by atoms with Crippen molar-refractivity contribution in [3.63, 3.8) is 0 Å². The number of urea groups is 1.